The van der Waals surface area contributed by atoms with Crippen LogP contribution in [0.2, 0.25) is 0 Å². The molecule has 1 aliphatic rings. The van der Waals surface area contributed by atoms with E-state index in [0.29, 0.717) is 0 Å². The van der Waals surface area contributed by atoms with E-state index in [0.717, 1.165) is 22.6 Å². The lowest BCUT2D eigenvalue weighted by molar-refractivity contribution is 0.660. The highest BCUT2D eigenvalue weighted by atomic mass is 15.1. The molecule has 0 spiro atoms. The summed E-state index contributed by atoms with van der Waals surface area (Å²) in [5.74, 6) is 0. The highest BCUT2D eigenvalue weighted by Gasteiger charge is 2.36. The number of hydrogen-bond acceptors (Lipinski definition) is 1. The van der Waals surface area contributed by atoms with E-state index in [-0.39, 0.29) is 5.41 Å². The van der Waals surface area contributed by atoms with Crippen LogP contribution in [0.15, 0.2) is 140 Å². The molecular formula is C39H30N2. The van der Waals surface area contributed by atoms with Crippen molar-refractivity contribution in [2.45, 2.75) is 19.3 Å². The van der Waals surface area contributed by atoms with Crippen molar-refractivity contribution in [2.24, 2.45) is 0 Å². The Labute approximate surface area is 240 Å². The largest absolute Gasteiger partial charge is 0.354 e. The monoisotopic (exact) mass is 526 g/mol. The highest BCUT2D eigenvalue weighted by molar-refractivity contribution is 6.14. The number of nitrogens with zero attached hydrogens (tertiary/aromatic N) is 1. The van der Waals surface area contributed by atoms with Crippen LogP contribution in [0.25, 0.3) is 44.1 Å². The number of nitrogens with one attached hydrogen (secondary N) is 1. The Balaban J connectivity index is 1.34. The first-order chi connectivity index (χ1) is 20.1. The van der Waals surface area contributed by atoms with Gasteiger partial charge in [-0.1, -0.05) is 111 Å². The van der Waals surface area contributed by atoms with Gasteiger partial charge in [-0.25, -0.2) is 0 Å². The lowest BCUT2D eigenvalue weighted by Crippen LogP contribution is -2.14. The van der Waals surface area contributed by atoms with Crippen LogP contribution < -0.4 is 4.90 Å². The molecule has 0 saturated heterocycles. The van der Waals surface area contributed by atoms with Gasteiger partial charge in [0.05, 0.1) is 5.52 Å². The van der Waals surface area contributed by atoms with Crippen LogP contribution in [0.5, 0.6) is 0 Å². The molecule has 0 saturated carbocycles. The van der Waals surface area contributed by atoms with Crippen molar-refractivity contribution in [2.75, 3.05) is 4.90 Å². The molecule has 1 aliphatic carbocycles. The quantitative estimate of drug-likeness (QED) is 0.242. The normalized spacial score (nSPS) is 13.3. The van der Waals surface area contributed by atoms with Crippen LogP contribution in [-0.2, 0) is 5.41 Å². The Hall–Kier alpha value is -5.08. The number of anilines is 3. The zero-order chi connectivity index (χ0) is 27.6. The number of aromatic nitrogens is 1. The zero-order valence-corrected chi connectivity index (χ0v) is 23.2. The number of benzene rings is 6. The van der Waals surface area contributed by atoms with Crippen molar-refractivity contribution < 1.29 is 0 Å². The number of H-pyrrole nitrogens is 1. The number of hydrogen-bond donors (Lipinski definition) is 1. The maximum absolute atomic E-state index is 3.81. The fourth-order valence-corrected chi connectivity index (χ4v) is 6.85. The second kappa shape index (κ2) is 8.97. The molecule has 2 nitrogen and oxygen atoms in total. The van der Waals surface area contributed by atoms with Gasteiger partial charge < -0.3 is 9.88 Å². The smallest absolute Gasteiger partial charge is 0.0544 e. The van der Waals surface area contributed by atoms with Crippen molar-refractivity contribution in [3.8, 4) is 22.3 Å². The zero-order valence-electron chi connectivity index (χ0n) is 23.2. The third-order valence-corrected chi connectivity index (χ3v) is 8.80. The van der Waals surface area contributed by atoms with Crippen LogP contribution in [0.1, 0.15) is 25.0 Å². The Morgan fingerprint density at radius 2 is 1.10 bits per heavy atom. The fourth-order valence-electron chi connectivity index (χ4n) is 6.85. The molecule has 0 radical (unpaired) electrons. The molecule has 1 N–H and O–H groups in total. The summed E-state index contributed by atoms with van der Waals surface area (Å²) < 4.78 is 0. The van der Waals surface area contributed by atoms with Gasteiger partial charge in [0.25, 0.3) is 0 Å². The Bertz CT molecular complexity index is 2030. The van der Waals surface area contributed by atoms with Crippen LogP contribution in [0.3, 0.4) is 0 Å². The summed E-state index contributed by atoms with van der Waals surface area (Å²) in [6, 6.07) is 50.4. The van der Waals surface area contributed by atoms with Gasteiger partial charge in [0.2, 0.25) is 0 Å². The summed E-state index contributed by atoms with van der Waals surface area (Å²) in [6.07, 6.45) is 0. The molecule has 0 aliphatic heterocycles. The average Bonchev–Trinajstić information content (AvgIpc) is 3.51. The third kappa shape index (κ3) is 3.57. The van der Waals surface area contributed by atoms with Gasteiger partial charge in [0.15, 0.2) is 0 Å². The standard InChI is InChI=1S/C39H30N2/c1-39(2)34-21-10-9-17-32(34)37-29(18-12-22-35(37)39)30-19-11-20-31-33-25-28(23-24-36(33)40-38(30)31)41(26-13-5-3-6-14-26)27-15-7-4-8-16-27/h3-25,40H,1-2H3. The molecule has 196 valence electrons. The summed E-state index contributed by atoms with van der Waals surface area (Å²) in [6.45, 7) is 4.69. The van der Waals surface area contributed by atoms with Gasteiger partial charge in [-0.2, -0.15) is 0 Å². The summed E-state index contributed by atoms with van der Waals surface area (Å²) >= 11 is 0. The maximum Gasteiger partial charge on any atom is 0.0544 e. The maximum atomic E-state index is 3.81. The molecule has 8 rings (SSSR count). The van der Waals surface area contributed by atoms with E-state index >= 15 is 0 Å². The number of para-hydroxylation sites is 3. The van der Waals surface area contributed by atoms with Gasteiger partial charge in [-0.15, -0.1) is 0 Å². The van der Waals surface area contributed by atoms with E-state index < -0.39 is 0 Å². The predicted octanol–water partition coefficient (Wildman–Crippen LogP) is 10.8. The molecular weight excluding hydrogens is 496 g/mol. The first-order valence-electron chi connectivity index (χ1n) is 14.3. The van der Waals surface area contributed by atoms with Crippen molar-refractivity contribution in [3.05, 3.63) is 151 Å². The second-order valence-electron chi connectivity index (χ2n) is 11.5. The number of aromatic amines is 1. The molecule has 0 unspecified atom stereocenters. The van der Waals surface area contributed by atoms with Crippen LogP contribution in [0.4, 0.5) is 17.1 Å². The van der Waals surface area contributed by atoms with E-state index in [1.54, 1.807) is 0 Å². The predicted molar refractivity (Wildman–Crippen MR) is 173 cm³/mol. The molecule has 0 fully saturated rings. The van der Waals surface area contributed by atoms with Gasteiger partial charge in [0.1, 0.15) is 0 Å². The third-order valence-electron chi connectivity index (χ3n) is 8.80. The first kappa shape index (κ1) is 23.8. The molecule has 41 heavy (non-hydrogen) atoms. The van der Waals surface area contributed by atoms with Crippen LogP contribution in [0, 0.1) is 0 Å². The SMILES string of the molecule is CC1(C)c2ccccc2-c2c(-c3cccc4c3[nH]c3ccc(N(c5ccccc5)c5ccccc5)cc34)cccc21. The molecule has 1 heterocycles. The molecule has 7 aromatic rings. The van der Waals surface area contributed by atoms with E-state index in [1.165, 1.54) is 49.7 Å². The summed E-state index contributed by atoms with van der Waals surface area (Å²) in [5, 5.41) is 2.47. The van der Waals surface area contributed by atoms with E-state index in [4.69, 9.17) is 0 Å². The Morgan fingerprint density at radius 3 is 1.85 bits per heavy atom. The Kier molecular flexibility index (Phi) is 5.20. The molecule has 0 bridgehead atoms. The van der Waals surface area contributed by atoms with E-state index in [9.17, 15) is 0 Å². The molecule has 2 heteroatoms. The topological polar surface area (TPSA) is 19.0 Å². The van der Waals surface area contributed by atoms with Gasteiger partial charge in [0, 0.05) is 44.3 Å². The Morgan fingerprint density at radius 1 is 0.488 bits per heavy atom. The molecule has 0 amide bonds. The van der Waals surface area contributed by atoms with Crippen molar-refractivity contribution in [1.82, 2.24) is 4.98 Å². The minimum absolute atomic E-state index is 0.0243. The summed E-state index contributed by atoms with van der Waals surface area (Å²) in [5.41, 5.74) is 13.7. The minimum Gasteiger partial charge on any atom is -0.354 e. The van der Waals surface area contributed by atoms with Crippen molar-refractivity contribution in [3.63, 3.8) is 0 Å². The lowest BCUT2D eigenvalue weighted by Gasteiger charge is -2.25. The molecule has 0 atom stereocenters. The molecule has 1 aromatic heterocycles. The fraction of sp³-hybridized carbons (Fsp3) is 0.0769. The van der Waals surface area contributed by atoms with E-state index in [1.807, 2.05) is 0 Å². The van der Waals surface area contributed by atoms with Crippen LogP contribution in [-0.4, -0.2) is 4.98 Å². The van der Waals surface area contributed by atoms with Gasteiger partial charge in [-0.3, -0.25) is 0 Å². The summed E-state index contributed by atoms with van der Waals surface area (Å²) in [4.78, 5) is 6.13. The lowest BCUT2D eigenvalue weighted by atomic mass is 9.82. The van der Waals surface area contributed by atoms with Gasteiger partial charge in [-0.05, 0) is 70.3 Å². The average molecular weight is 527 g/mol. The van der Waals surface area contributed by atoms with Crippen LogP contribution >= 0.6 is 0 Å². The van der Waals surface area contributed by atoms with E-state index in [2.05, 4.69) is 163 Å². The summed E-state index contributed by atoms with van der Waals surface area (Å²) in [7, 11) is 0. The molecule has 6 aromatic carbocycles. The number of rotatable bonds is 4. The van der Waals surface area contributed by atoms with Crippen molar-refractivity contribution in [1.29, 1.82) is 0 Å². The van der Waals surface area contributed by atoms with Crippen molar-refractivity contribution >= 4 is 38.9 Å². The van der Waals surface area contributed by atoms with Gasteiger partial charge >= 0.3 is 0 Å². The first-order valence-corrected chi connectivity index (χ1v) is 14.3. The number of fused-ring (bicyclic) bond motifs is 6. The minimum atomic E-state index is -0.0243. The second-order valence-corrected chi connectivity index (χ2v) is 11.5. The highest BCUT2D eigenvalue weighted by Crippen LogP contribution is 2.52.